The van der Waals surface area contributed by atoms with E-state index in [2.05, 4.69) is 4.98 Å². The molecule has 2 nitrogen and oxygen atoms in total. The Balaban J connectivity index is 2.10. The van der Waals surface area contributed by atoms with Crippen LogP contribution in [-0.4, -0.2) is 12.0 Å². The Morgan fingerprint density at radius 2 is 2.12 bits per heavy atom. The molecule has 0 radical (unpaired) electrons. The zero-order valence-electron chi connectivity index (χ0n) is 8.86. The summed E-state index contributed by atoms with van der Waals surface area (Å²) >= 11 is 2.57. The zero-order chi connectivity index (χ0) is 12.5. The molecule has 2 aromatic rings. The fraction of sp³-hybridized carbons (Fsp3) is 0.300. The molecule has 0 saturated heterocycles. The monoisotopic (exact) mass is 278 g/mol. The molecular weight excluding hydrogens is 269 g/mol. The highest BCUT2D eigenvalue weighted by Gasteiger charge is 2.34. The van der Waals surface area contributed by atoms with E-state index in [1.807, 2.05) is 16.8 Å². The van der Waals surface area contributed by atoms with Crippen LogP contribution in [0.25, 0.3) is 0 Å². The van der Waals surface area contributed by atoms with Crippen LogP contribution >= 0.6 is 22.7 Å². The van der Waals surface area contributed by atoms with Gasteiger partial charge in [0.15, 0.2) is 10.8 Å². The van der Waals surface area contributed by atoms with Crippen LogP contribution in [0, 0.1) is 0 Å². The van der Waals surface area contributed by atoms with Gasteiger partial charge < -0.3 is 4.90 Å². The number of rotatable bonds is 3. The van der Waals surface area contributed by atoms with Crippen LogP contribution in [0.15, 0.2) is 22.2 Å². The van der Waals surface area contributed by atoms with E-state index in [-0.39, 0.29) is 0 Å². The molecule has 0 amide bonds. The van der Waals surface area contributed by atoms with Gasteiger partial charge >= 0.3 is 6.18 Å². The third-order valence-electron chi connectivity index (χ3n) is 2.11. The Bertz CT molecular complexity index is 476. The normalized spacial score (nSPS) is 11.8. The Morgan fingerprint density at radius 3 is 2.65 bits per heavy atom. The molecule has 17 heavy (non-hydrogen) atoms. The van der Waals surface area contributed by atoms with E-state index in [1.54, 1.807) is 23.3 Å². The van der Waals surface area contributed by atoms with Crippen molar-refractivity contribution >= 4 is 27.8 Å². The predicted octanol–water partition coefficient (Wildman–Crippen LogP) is 3.86. The van der Waals surface area contributed by atoms with E-state index in [0.29, 0.717) is 11.7 Å². The lowest BCUT2D eigenvalue weighted by Crippen LogP contribution is -2.16. The van der Waals surface area contributed by atoms with Crippen molar-refractivity contribution in [2.75, 3.05) is 11.9 Å². The first-order chi connectivity index (χ1) is 7.97. The van der Waals surface area contributed by atoms with Gasteiger partial charge in [-0.1, -0.05) is 0 Å². The highest BCUT2D eigenvalue weighted by Crippen LogP contribution is 2.32. The fourth-order valence-electron chi connectivity index (χ4n) is 1.29. The molecule has 0 atom stereocenters. The molecule has 0 saturated carbocycles. The van der Waals surface area contributed by atoms with Crippen molar-refractivity contribution in [3.8, 4) is 0 Å². The Hall–Kier alpha value is -1.08. The summed E-state index contributed by atoms with van der Waals surface area (Å²) in [4.78, 5) is 5.30. The average Bonchev–Trinajstić information content (AvgIpc) is 2.85. The van der Waals surface area contributed by atoms with Gasteiger partial charge in [-0.05, 0) is 22.4 Å². The summed E-state index contributed by atoms with van der Waals surface area (Å²) < 4.78 is 37.1. The molecular formula is C10H9F3N2S2. The minimum atomic E-state index is -4.36. The molecule has 2 heterocycles. The van der Waals surface area contributed by atoms with Crippen LogP contribution in [0.1, 0.15) is 11.3 Å². The maximum absolute atomic E-state index is 12.4. The summed E-state index contributed by atoms with van der Waals surface area (Å²) in [5.74, 6) is 0. The number of aromatic nitrogens is 1. The lowest BCUT2D eigenvalue weighted by molar-refractivity contribution is -0.140. The summed E-state index contributed by atoms with van der Waals surface area (Å²) in [7, 11) is 1.73. The number of halogens is 3. The van der Waals surface area contributed by atoms with E-state index in [9.17, 15) is 13.2 Å². The summed E-state index contributed by atoms with van der Waals surface area (Å²) in [5, 5.41) is 5.32. The standard InChI is InChI=1S/C10H9F3N2S2/c1-15(4-7-2-3-16-5-7)9-14-8(6-17-9)10(11,12)13/h2-3,5-6H,4H2,1H3. The van der Waals surface area contributed by atoms with E-state index < -0.39 is 11.9 Å². The molecule has 0 spiro atoms. The van der Waals surface area contributed by atoms with E-state index in [4.69, 9.17) is 0 Å². The van der Waals surface area contributed by atoms with Gasteiger partial charge in [0.05, 0.1) is 0 Å². The smallest absolute Gasteiger partial charge is 0.347 e. The minimum absolute atomic E-state index is 0.378. The molecule has 0 aliphatic carbocycles. The number of anilines is 1. The van der Waals surface area contributed by atoms with Crippen LogP contribution in [0.2, 0.25) is 0 Å². The molecule has 7 heteroatoms. The van der Waals surface area contributed by atoms with E-state index in [0.717, 1.165) is 22.3 Å². The van der Waals surface area contributed by atoms with Gasteiger partial charge in [0.2, 0.25) is 0 Å². The average molecular weight is 278 g/mol. The van der Waals surface area contributed by atoms with Crippen LogP contribution in [0.5, 0.6) is 0 Å². The molecule has 2 rings (SSSR count). The first-order valence-corrected chi connectivity index (χ1v) is 6.54. The topological polar surface area (TPSA) is 16.1 Å². The fourth-order valence-corrected chi connectivity index (χ4v) is 2.75. The van der Waals surface area contributed by atoms with Crippen LogP contribution in [0.4, 0.5) is 18.3 Å². The molecule has 0 unspecified atom stereocenters. The highest BCUT2D eigenvalue weighted by atomic mass is 32.1. The van der Waals surface area contributed by atoms with E-state index >= 15 is 0 Å². The molecule has 0 aliphatic rings. The number of hydrogen-bond donors (Lipinski definition) is 0. The second-order valence-electron chi connectivity index (χ2n) is 3.50. The summed E-state index contributed by atoms with van der Waals surface area (Å²) in [5.41, 5.74) is 0.246. The van der Waals surface area contributed by atoms with Crippen LogP contribution in [-0.2, 0) is 12.7 Å². The molecule has 0 fully saturated rings. The summed E-state index contributed by atoms with van der Waals surface area (Å²) in [6, 6.07) is 1.94. The van der Waals surface area contributed by atoms with Crippen molar-refractivity contribution in [1.29, 1.82) is 0 Å². The summed E-state index contributed by atoms with van der Waals surface area (Å²) in [6.45, 7) is 0.564. The van der Waals surface area contributed by atoms with Gasteiger partial charge in [-0.3, -0.25) is 0 Å². The van der Waals surface area contributed by atoms with Crippen molar-refractivity contribution in [2.45, 2.75) is 12.7 Å². The molecule has 2 aromatic heterocycles. The number of thiophene rings is 1. The first-order valence-electron chi connectivity index (χ1n) is 4.72. The molecule has 0 N–H and O–H groups in total. The minimum Gasteiger partial charge on any atom is -0.347 e. The number of thiazole rings is 1. The van der Waals surface area contributed by atoms with Crippen LogP contribution < -0.4 is 4.90 Å². The van der Waals surface area contributed by atoms with Gasteiger partial charge in [0.25, 0.3) is 0 Å². The molecule has 0 aromatic carbocycles. The molecule has 0 bridgehead atoms. The van der Waals surface area contributed by atoms with Crippen molar-refractivity contribution in [3.05, 3.63) is 33.5 Å². The van der Waals surface area contributed by atoms with Crippen molar-refractivity contribution in [3.63, 3.8) is 0 Å². The SMILES string of the molecule is CN(Cc1ccsc1)c1nc(C(F)(F)F)cs1. The second kappa shape index (κ2) is 4.66. The Morgan fingerprint density at radius 1 is 1.35 bits per heavy atom. The second-order valence-corrected chi connectivity index (χ2v) is 5.12. The lowest BCUT2D eigenvalue weighted by atomic mass is 10.3. The van der Waals surface area contributed by atoms with Gasteiger partial charge in [0, 0.05) is 19.0 Å². The Kier molecular flexibility index (Phi) is 3.39. The zero-order valence-corrected chi connectivity index (χ0v) is 10.5. The maximum Gasteiger partial charge on any atom is 0.434 e. The predicted molar refractivity (Wildman–Crippen MR) is 63.5 cm³/mol. The van der Waals surface area contributed by atoms with Gasteiger partial charge in [0.1, 0.15) is 0 Å². The van der Waals surface area contributed by atoms with Crippen molar-refractivity contribution in [1.82, 2.24) is 4.98 Å². The summed E-state index contributed by atoms with van der Waals surface area (Å²) in [6.07, 6.45) is -4.36. The number of alkyl halides is 3. The largest absolute Gasteiger partial charge is 0.434 e. The maximum atomic E-state index is 12.4. The first kappa shape index (κ1) is 12.4. The molecule has 0 aliphatic heterocycles. The highest BCUT2D eigenvalue weighted by molar-refractivity contribution is 7.13. The lowest BCUT2D eigenvalue weighted by Gasteiger charge is -2.14. The number of nitrogens with zero attached hydrogens (tertiary/aromatic N) is 2. The van der Waals surface area contributed by atoms with Crippen molar-refractivity contribution in [2.24, 2.45) is 0 Å². The van der Waals surface area contributed by atoms with Crippen molar-refractivity contribution < 1.29 is 13.2 Å². The Labute approximate surface area is 104 Å². The van der Waals surface area contributed by atoms with Gasteiger partial charge in [-0.25, -0.2) is 4.98 Å². The van der Waals surface area contributed by atoms with Gasteiger partial charge in [-0.2, -0.15) is 24.5 Å². The van der Waals surface area contributed by atoms with E-state index in [1.165, 1.54) is 0 Å². The van der Waals surface area contributed by atoms with Crippen LogP contribution in [0.3, 0.4) is 0 Å². The molecule has 92 valence electrons. The van der Waals surface area contributed by atoms with Gasteiger partial charge in [-0.15, -0.1) is 11.3 Å². The number of hydrogen-bond acceptors (Lipinski definition) is 4. The third-order valence-corrected chi connectivity index (χ3v) is 3.80. The quantitative estimate of drug-likeness (QED) is 0.847. The third kappa shape index (κ3) is 2.98.